The highest BCUT2D eigenvalue weighted by Gasteiger charge is 2.25. The van der Waals surface area contributed by atoms with Crippen LogP contribution in [0.2, 0.25) is 0 Å². The molecule has 2 rings (SSSR count). The van der Waals surface area contributed by atoms with Crippen molar-refractivity contribution < 1.29 is 0 Å². The molecule has 6 nitrogen and oxygen atoms in total. The predicted molar refractivity (Wildman–Crippen MR) is 123 cm³/mol. The Labute approximate surface area is 187 Å². The van der Waals surface area contributed by atoms with Crippen LogP contribution in [0.1, 0.15) is 25.0 Å². The number of allylic oxidation sites excluding steroid dienone is 2. The number of hydrogen-bond acceptors (Lipinski definition) is 3. The number of rotatable bonds is 6. The third-order valence-electron chi connectivity index (χ3n) is 3.89. The predicted octanol–water partition coefficient (Wildman–Crippen LogP) is 3.67. The minimum absolute atomic E-state index is 0.00501. The van der Waals surface area contributed by atoms with Gasteiger partial charge in [-0.25, -0.2) is 28.1 Å². The molecular formula is C19H20Br3N3O3. The first-order valence-corrected chi connectivity index (χ1v) is 10.7. The maximum Gasteiger partial charge on any atom is 0.336 e. The number of halogens is 3. The van der Waals surface area contributed by atoms with Crippen LogP contribution in [0.4, 0.5) is 0 Å². The van der Waals surface area contributed by atoms with Crippen molar-refractivity contribution in [1.82, 2.24) is 13.7 Å². The van der Waals surface area contributed by atoms with E-state index in [2.05, 4.69) is 60.9 Å². The fourth-order valence-electron chi connectivity index (χ4n) is 2.73. The smallest absolute Gasteiger partial charge is 0.247 e. The van der Waals surface area contributed by atoms with Gasteiger partial charge in [0.2, 0.25) is 0 Å². The van der Waals surface area contributed by atoms with Gasteiger partial charge in [0.25, 0.3) is 0 Å². The summed E-state index contributed by atoms with van der Waals surface area (Å²) in [6.07, 6.45) is 0. The quantitative estimate of drug-likeness (QED) is 0.389. The zero-order valence-electron chi connectivity index (χ0n) is 15.5. The van der Waals surface area contributed by atoms with Gasteiger partial charge in [0, 0.05) is 0 Å². The highest BCUT2D eigenvalue weighted by atomic mass is 80.0. The molecule has 0 unspecified atom stereocenters. The van der Waals surface area contributed by atoms with E-state index in [1.54, 1.807) is 13.8 Å². The summed E-state index contributed by atoms with van der Waals surface area (Å²) in [5, 5.41) is 0. The van der Waals surface area contributed by atoms with Gasteiger partial charge in [0.05, 0.1) is 19.6 Å². The van der Waals surface area contributed by atoms with Crippen molar-refractivity contribution in [1.29, 1.82) is 0 Å². The molecule has 0 saturated heterocycles. The first-order valence-electron chi connectivity index (χ1n) is 8.31. The SMILES string of the molecule is C=C(C)Cn1c(=O)n(CC(=C)C)c(=O)n(Cc2ccccc2C(Br)(Br)Br)c1=O. The van der Waals surface area contributed by atoms with Crippen molar-refractivity contribution in [2.45, 2.75) is 35.6 Å². The van der Waals surface area contributed by atoms with E-state index in [1.807, 2.05) is 24.3 Å². The number of alkyl halides is 3. The molecule has 0 saturated carbocycles. The molecule has 0 aliphatic heterocycles. The van der Waals surface area contributed by atoms with Crippen molar-refractivity contribution in [3.8, 4) is 0 Å². The van der Waals surface area contributed by atoms with Crippen molar-refractivity contribution in [3.05, 3.63) is 91.1 Å². The van der Waals surface area contributed by atoms with Gasteiger partial charge in [-0.1, -0.05) is 96.4 Å². The van der Waals surface area contributed by atoms with Crippen LogP contribution in [0.15, 0.2) is 63.0 Å². The lowest BCUT2D eigenvalue weighted by Crippen LogP contribution is -2.54. The summed E-state index contributed by atoms with van der Waals surface area (Å²) < 4.78 is 2.40. The zero-order valence-corrected chi connectivity index (χ0v) is 20.3. The molecule has 0 aliphatic carbocycles. The van der Waals surface area contributed by atoms with Gasteiger partial charge in [-0.15, -0.1) is 0 Å². The minimum atomic E-state index is -0.712. The third kappa shape index (κ3) is 5.12. The second-order valence-corrected chi connectivity index (χ2v) is 13.4. The Morgan fingerprint density at radius 2 is 1.29 bits per heavy atom. The summed E-state index contributed by atoms with van der Waals surface area (Å²) in [5.74, 6) is 0. The molecule has 0 bridgehead atoms. The summed E-state index contributed by atoms with van der Waals surface area (Å²) >= 11 is 10.4. The summed E-state index contributed by atoms with van der Waals surface area (Å²) in [5.41, 5.74) is 0.783. The third-order valence-corrected chi connectivity index (χ3v) is 5.17. The molecule has 150 valence electrons. The first kappa shape index (κ1) is 22.8. The Balaban J connectivity index is 2.77. The van der Waals surface area contributed by atoms with E-state index in [0.29, 0.717) is 11.1 Å². The van der Waals surface area contributed by atoms with E-state index in [9.17, 15) is 14.4 Å². The van der Waals surface area contributed by atoms with E-state index in [4.69, 9.17) is 0 Å². The van der Waals surface area contributed by atoms with Gasteiger partial charge in [0.15, 0.2) is 2.14 Å². The van der Waals surface area contributed by atoms with Crippen LogP contribution in [-0.4, -0.2) is 13.7 Å². The van der Waals surface area contributed by atoms with Crippen molar-refractivity contribution in [2.75, 3.05) is 0 Å². The van der Waals surface area contributed by atoms with E-state index >= 15 is 0 Å². The van der Waals surface area contributed by atoms with Gasteiger partial charge in [-0.05, 0) is 25.0 Å². The zero-order chi connectivity index (χ0) is 21.2. The average molecular weight is 578 g/mol. The Morgan fingerprint density at radius 3 is 1.71 bits per heavy atom. The van der Waals surface area contributed by atoms with E-state index in [-0.39, 0.29) is 19.6 Å². The van der Waals surface area contributed by atoms with Gasteiger partial charge in [0.1, 0.15) is 0 Å². The minimum Gasteiger partial charge on any atom is -0.247 e. The average Bonchev–Trinajstić information content (AvgIpc) is 2.58. The Kier molecular flexibility index (Phi) is 7.27. The van der Waals surface area contributed by atoms with Crippen LogP contribution in [0.5, 0.6) is 0 Å². The lowest BCUT2D eigenvalue weighted by atomic mass is 10.1. The molecule has 0 radical (unpaired) electrons. The molecule has 9 heteroatoms. The van der Waals surface area contributed by atoms with Crippen LogP contribution >= 0.6 is 47.8 Å². The summed E-state index contributed by atoms with van der Waals surface area (Å²) in [6, 6.07) is 7.34. The van der Waals surface area contributed by atoms with Gasteiger partial charge in [-0.2, -0.15) is 0 Å². The number of hydrogen-bond donors (Lipinski definition) is 0. The summed E-state index contributed by atoms with van der Waals surface area (Å²) in [7, 11) is 0. The van der Waals surface area contributed by atoms with Crippen LogP contribution < -0.4 is 17.1 Å². The Hall–Kier alpha value is -1.45. The molecule has 0 spiro atoms. The maximum atomic E-state index is 13.0. The lowest BCUT2D eigenvalue weighted by Gasteiger charge is -2.19. The van der Waals surface area contributed by atoms with Gasteiger partial charge < -0.3 is 0 Å². The molecule has 0 amide bonds. The van der Waals surface area contributed by atoms with Crippen molar-refractivity contribution >= 4 is 47.8 Å². The van der Waals surface area contributed by atoms with Crippen LogP contribution in [-0.2, 0) is 21.8 Å². The monoisotopic (exact) mass is 575 g/mol. The standard InChI is InChI=1S/C19H20Br3N3O3/c1-12(2)9-23-16(26)24(10-13(3)4)18(28)25(17(23)27)11-14-7-5-6-8-15(14)19(20,21)22/h5-8H,1,3,9-11H2,2,4H3. The highest BCUT2D eigenvalue weighted by Crippen LogP contribution is 2.45. The van der Waals surface area contributed by atoms with E-state index in [1.165, 1.54) is 0 Å². The molecule has 0 aliphatic rings. The molecule has 1 heterocycles. The normalized spacial score (nSPS) is 11.5. The van der Waals surface area contributed by atoms with Crippen molar-refractivity contribution in [2.24, 2.45) is 0 Å². The van der Waals surface area contributed by atoms with Crippen LogP contribution in [0.25, 0.3) is 0 Å². The Morgan fingerprint density at radius 1 is 0.857 bits per heavy atom. The first-order chi connectivity index (χ1) is 12.9. The molecule has 28 heavy (non-hydrogen) atoms. The summed E-state index contributed by atoms with van der Waals surface area (Å²) in [4.78, 5) is 38.6. The maximum absolute atomic E-state index is 13.0. The lowest BCUT2D eigenvalue weighted by molar-refractivity contribution is 0.488. The summed E-state index contributed by atoms with van der Waals surface area (Å²) in [6.45, 7) is 11.1. The fourth-order valence-corrected chi connectivity index (χ4v) is 3.89. The van der Waals surface area contributed by atoms with Crippen molar-refractivity contribution in [3.63, 3.8) is 0 Å². The molecule has 2 aromatic rings. The number of nitrogens with zero attached hydrogens (tertiary/aromatic N) is 3. The van der Waals surface area contributed by atoms with Gasteiger partial charge in [-0.3, -0.25) is 0 Å². The number of aromatic nitrogens is 3. The Bertz CT molecular complexity index is 1050. The molecule has 0 atom stereocenters. The topological polar surface area (TPSA) is 66.0 Å². The second kappa shape index (κ2) is 8.92. The number of benzene rings is 1. The van der Waals surface area contributed by atoms with E-state index < -0.39 is 19.2 Å². The second-order valence-electron chi connectivity index (χ2n) is 6.68. The van der Waals surface area contributed by atoms with Gasteiger partial charge >= 0.3 is 17.1 Å². The molecular weight excluding hydrogens is 558 g/mol. The van der Waals surface area contributed by atoms with E-state index in [0.717, 1.165) is 24.8 Å². The molecule has 0 fully saturated rings. The molecule has 0 N–H and O–H groups in total. The molecule has 1 aromatic carbocycles. The highest BCUT2D eigenvalue weighted by molar-refractivity contribution is 9.38. The largest absolute Gasteiger partial charge is 0.336 e. The molecule has 1 aromatic heterocycles. The van der Waals surface area contributed by atoms with Crippen LogP contribution in [0.3, 0.4) is 0 Å². The fraction of sp³-hybridized carbons (Fsp3) is 0.316. The van der Waals surface area contributed by atoms with Crippen LogP contribution in [0, 0.1) is 0 Å².